The first kappa shape index (κ1) is 22.0. The van der Waals surface area contributed by atoms with Crippen molar-refractivity contribution in [1.29, 1.82) is 5.41 Å². The molecule has 30 heavy (non-hydrogen) atoms. The maximum absolute atomic E-state index is 12.6. The number of nitrogens with one attached hydrogen (secondary N) is 3. The highest BCUT2D eigenvalue weighted by atomic mass is 32.2. The summed E-state index contributed by atoms with van der Waals surface area (Å²) in [4.78, 5) is 17.3. The Morgan fingerprint density at radius 1 is 1.33 bits per heavy atom. The van der Waals surface area contributed by atoms with Crippen molar-refractivity contribution in [2.45, 2.75) is 44.0 Å². The lowest BCUT2D eigenvalue weighted by Gasteiger charge is -2.18. The minimum absolute atomic E-state index is 0.0703. The van der Waals surface area contributed by atoms with Crippen molar-refractivity contribution in [3.63, 3.8) is 0 Å². The number of nitrogens with zero attached hydrogens (tertiary/aromatic N) is 3. The number of benzene rings is 1. The lowest BCUT2D eigenvalue weighted by molar-refractivity contribution is -0.120. The highest BCUT2D eigenvalue weighted by Crippen LogP contribution is 2.27. The number of carbonyl (C=O) groups is 1. The van der Waals surface area contributed by atoms with E-state index in [0.717, 1.165) is 17.8 Å². The van der Waals surface area contributed by atoms with Crippen LogP contribution in [0.1, 0.15) is 31.5 Å². The molecule has 2 heterocycles. The van der Waals surface area contributed by atoms with Gasteiger partial charge in [0.15, 0.2) is 10.8 Å². The van der Waals surface area contributed by atoms with Crippen LogP contribution in [-0.4, -0.2) is 51.2 Å². The molecule has 0 aliphatic rings. The van der Waals surface area contributed by atoms with E-state index in [1.807, 2.05) is 26.0 Å². The average molecular weight is 429 g/mol. The average Bonchev–Trinajstić information content (AvgIpc) is 3.13. The summed E-state index contributed by atoms with van der Waals surface area (Å²) in [5.41, 5.74) is 3.63. The number of hydrogen-bond donors (Lipinski definition) is 3. The zero-order chi connectivity index (χ0) is 21.7. The van der Waals surface area contributed by atoms with Gasteiger partial charge in [-0.2, -0.15) is 5.10 Å². The minimum Gasteiger partial charge on any atom is -0.383 e. The number of carbonyl (C=O) groups excluding carboxylic acids is 1. The molecule has 1 aromatic carbocycles. The van der Waals surface area contributed by atoms with Crippen molar-refractivity contribution in [2.24, 2.45) is 0 Å². The van der Waals surface area contributed by atoms with E-state index in [4.69, 9.17) is 15.1 Å². The van der Waals surface area contributed by atoms with Gasteiger partial charge in [-0.15, -0.1) is 0 Å². The van der Waals surface area contributed by atoms with Gasteiger partial charge in [0.1, 0.15) is 5.49 Å². The molecule has 0 unspecified atom stereocenters. The molecule has 1 atom stereocenters. The fourth-order valence-corrected chi connectivity index (χ4v) is 4.22. The van der Waals surface area contributed by atoms with Crippen LogP contribution in [0, 0.1) is 12.3 Å². The Morgan fingerprint density at radius 2 is 2.07 bits per heavy atom. The Labute approximate surface area is 179 Å². The first-order valence-electron chi connectivity index (χ1n) is 10.0. The number of H-pyrrole nitrogens is 1. The fourth-order valence-electron chi connectivity index (χ4n) is 3.17. The number of thioether (sulfide) groups is 1. The number of hydrogen-bond acceptors (Lipinski definition) is 6. The van der Waals surface area contributed by atoms with Gasteiger partial charge < -0.3 is 10.1 Å². The summed E-state index contributed by atoms with van der Waals surface area (Å²) < 4.78 is 6.80. The molecular formula is C21H28N6O2S. The standard InChI is InChI=1S/C21H28N6O2S/c1-5-14-7-9-15(10-8-14)27-18(22)17-13(3)25-26-19(17)24-21(27)30-16(6-2)20(28)23-11-12-29-4/h7-10,16,22H,5-6,11-12H2,1-4H3,(H,23,28)(H,25,26)/t16-/m1/s1. The van der Waals surface area contributed by atoms with E-state index in [1.54, 1.807) is 11.7 Å². The van der Waals surface area contributed by atoms with Gasteiger partial charge in [0.2, 0.25) is 5.91 Å². The predicted octanol–water partition coefficient (Wildman–Crippen LogP) is 2.73. The second kappa shape index (κ2) is 9.90. The summed E-state index contributed by atoms with van der Waals surface area (Å²) in [6.45, 7) is 6.87. The van der Waals surface area contributed by atoms with E-state index in [0.29, 0.717) is 41.3 Å². The van der Waals surface area contributed by atoms with E-state index < -0.39 is 0 Å². The van der Waals surface area contributed by atoms with Crippen LogP contribution in [-0.2, 0) is 16.0 Å². The number of fused-ring (bicyclic) bond motifs is 1. The molecule has 0 saturated heterocycles. The summed E-state index contributed by atoms with van der Waals surface area (Å²) >= 11 is 1.35. The van der Waals surface area contributed by atoms with Crippen LogP contribution in [0.2, 0.25) is 0 Å². The third kappa shape index (κ3) is 4.57. The summed E-state index contributed by atoms with van der Waals surface area (Å²) in [5.74, 6) is -0.0703. The molecule has 1 amide bonds. The first-order valence-corrected chi connectivity index (χ1v) is 10.9. The van der Waals surface area contributed by atoms with E-state index in [2.05, 4.69) is 34.6 Å². The van der Waals surface area contributed by atoms with E-state index in [1.165, 1.54) is 17.3 Å². The molecule has 0 spiro atoms. The summed E-state index contributed by atoms with van der Waals surface area (Å²) in [5, 5.41) is 19.8. The summed E-state index contributed by atoms with van der Waals surface area (Å²) in [6, 6.07) is 8.09. The van der Waals surface area contributed by atoms with Gasteiger partial charge in [-0.1, -0.05) is 37.7 Å². The molecule has 0 aliphatic carbocycles. The van der Waals surface area contributed by atoms with Crippen LogP contribution < -0.4 is 10.8 Å². The van der Waals surface area contributed by atoms with E-state index >= 15 is 0 Å². The molecule has 8 nitrogen and oxygen atoms in total. The summed E-state index contributed by atoms with van der Waals surface area (Å²) in [7, 11) is 1.60. The van der Waals surface area contributed by atoms with E-state index in [-0.39, 0.29) is 11.2 Å². The van der Waals surface area contributed by atoms with Crippen LogP contribution in [0.3, 0.4) is 0 Å². The molecule has 2 aromatic heterocycles. The Balaban J connectivity index is 2.05. The van der Waals surface area contributed by atoms with Crippen LogP contribution in [0.25, 0.3) is 16.7 Å². The highest BCUT2D eigenvalue weighted by molar-refractivity contribution is 8.00. The number of methoxy groups -OCH3 is 1. The lowest BCUT2D eigenvalue weighted by Crippen LogP contribution is -2.35. The number of amides is 1. The van der Waals surface area contributed by atoms with Gasteiger partial charge in [-0.05, 0) is 37.5 Å². The zero-order valence-electron chi connectivity index (χ0n) is 17.8. The molecule has 0 saturated carbocycles. The molecule has 3 rings (SSSR count). The zero-order valence-corrected chi connectivity index (χ0v) is 18.6. The Bertz CT molecular complexity index is 1070. The Morgan fingerprint density at radius 3 is 2.70 bits per heavy atom. The molecular weight excluding hydrogens is 400 g/mol. The van der Waals surface area contributed by atoms with Gasteiger partial charge >= 0.3 is 0 Å². The van der Waals surface area contributed by atoms with Crippen molar-refractivity contribution in [3.05, 3.63) is 41.0 Å². The minimum atomic E-state index is -0.340. The van der Waals surface area contributed by atoms with Gasteiger partial charge in [0, 0.05) is 25.0 Å². The topological polar surface area (TPSA) is 109 Å². The molecule has 160 valence electrons. The lowest BCUT2D eigenvalue weighted by atomic mass is 10.1. The molecule has 0 bridgehead atoms. The van der Waals surface area contributed by atoms with Crippen LogP contribution in [0.4, 0.5) is 0 Å². The van der Waals surface area contributed by atoms with Crippen molar-refractivity contribution in [1.82, 2.24) is 25.1 Å². The quantitative estimate of drug-likeness (QED) is 0.276. The number of aromatic amines is 1. The third-order valence-corrected chi connectivity index (χ3v) is 6.22. The fraction of sp³-hybridized carbons (Fsp3) is 0.429. The summed E-state index contributed by atoms with van der Waals surface area (Å²) in [6.07, 6.45) is 1.57. The predicted molar refractivity (Wildman–Crippen MR) is 118 cm³/mol. The second-order valence-electron chi connectivity index (χ2n) is 6.94. The SMILES string of the molecule is CCc1ccc(-n2c(S[C@H](CC)C(=O)NCCOC)nc3n[nH]c(C)c3c2=N)cc1. The smallest absolute Gasteiger partial charge is 0.233 e. The van der Waals surface area contributed by atoms with Gasteiger partial charge in [0.05, 0.1) is 17.2 Å². The van der Waals surface area contributed by atoms with Crippen molar-refractivity contribution in [2.75, 3.05) is 20.3 Å². The van der Waals surface area contributed by atoms with Crippen molar-refractivity contribution < 1.29 is 9.53 Å². The number of aromatic nitrogens is 4. The normalized spacial score (nSPS) is 12.3. The maximum Gasteiger partial charge on any atom is 0.233 e. The molecule has 0 fully saturated rings. The van der Waals surface area contributed by atoms with Gasteiger partial charge in [-0.25, -0.2) is 4.98 Å². The van der Waals surface area contributed by atoms with Gasteiger partial charge in [-0.3, -0.25) is 19.9 Å². The molecule has 0 aliphatic heterocycles. The highest BCUT2D eigenvalue weighted by Gasteiger charge is 2.22. The maximum atomic E-state index is 12.6. The monoisotopic (exact) mass is 428 g/mol. The van der Waals surface area contributed by atoms with Crippen LogP contribution >= 0.6 is 11.8 Å². The second-order valence-corrected chi connectivity index (χ2v) is 8.11. The third-order valence-electron chi connectivity index (χ3n) is 4.90. The molecule has 3 N–H and O–H groups in total. The van der Waals surface area contributed by atoms with Crippen LogP contribution in [0.15, 0.2) is 29.4 Å². The molecule has 3 aromatic rings. The number of ether oxygens (including phenoxy) is 1. The van der Waals surface area contributed by atoms with Crippen LogP contribution in [0.5, 0.6) is 0 Å². The Kier molecular flexibility index (Phi) is 7.28. The molecule has 0 radical (unpaired) electrons. The molecule has 9 heteroatoms. The number of aryl methyl sites for hydroxylation is 2. The largest absolute Gasteiger partial charge is 0.383 e. The Hall–Kier alpha value is -2.65. The van der Waals surface area contributed by atoms with Crippen molar-refractivity contribution in [3.8, 4) is 5.69 Å². The van der Waals surface area contributed by atoms with Gasteiger partial charge in [0.25, 0.3) is 0 Å². The van der Waals surface area contributed by atoms with E-state index in [9.17, 15) is 4.79 Å². The number of rotatable bonds is 9. The first-order chi connectivity index (χ1) is 14.5. The van der Waals surface area contributed by atoms with Crippen molar-refractivity contribution >= 4 is 28.7 Å².